The van der Waals surface area contributed by atoms with E-state index in [9.17, 15) is 9.18 Å². The zero-order chi connectivity index (χ0) is 12.3. The Morgan fingerprint density at radius 2 is 2.35 bits per heavy atom. The summed E-state index contributed by atoms with van der Waals surface area (Å²) in [6.07, 6.45) is 1.46. The van der Waals surface area contributed by atoms with Gasteiger partial charge in [-0.25, -0.2) is 14.2 Å². The van der Waals surface area contributed by atoms with E-state index in [0.29, 0.717) is 11.3 Å². The smallest absolute Gasteiger partial charge is 0.338 e. The van der Waals surface area contributed by atoms with Crippen molar-refractivity contribution < 1.29 is 14.3 Å². The van der Waals surface area contributed by atoms with Gasteiger partial charge in [-0.15, -0.1) is 0 Å². The fourth-order valence-corrected chi connectivity index (χ4v) is 2.58. The summed E-state index contributed by atoms with van der Waals surface area (Å²) in [7, 11) is 0. The molecule has 1 heterocycles. The molecule has 1 N–H and O–H groups in total. The third-order valence-electron chi connectivity index (χ3n) is 1.97. The molecule has 2 aromatic rings. The van der Waals surface area contributed by atoms with Gasteiger partial charge >= 0.3 is 5.97 Å². The van der Waals surface area contributed by atoms with Gasteiger partial charge in [0.15, 0.2) is 4.34 Å². The minimum atomic E-state index is -1.26. The first-order valence-electron chi connectivity index (χ1n) is 4.58. The molecule has 0 aliphatic carbocycles. The Balaban J connectivity index is 2.07. The Morgan fingerprint density at radius 1 is 1.53 bits per heavy atom. The van der Waals surface area contributed by atoms with Crippen molar-refractivity contribution in [2.45, 2.75) is 10.1 Å². The summed E-state index contributed by atoms with van der Waals surface area (Å²) in [5.41, 5.74) is 0.405. The van der Waals surface area contributed by atoms with Crippen LogP contribution in [0.3, 0.4) is 0 Å². The average molecular weight is 270 g/mol. The van der Waals surface area contributed by atoms with Crippen molar-refractivity contribution in [3.05, 3.63) is 41.5 Å². The van der Waals surface area contributed by atoms with E-state index in [-0.39, 0.29) is 5.56 Å². The number of halogens is 1. The van der Waals surface area contributed by atoms with Crippen molar-refractivity contribution >= 4 is 29.3 Å². The van der Waals surface area contributed by atoms with Crippen molar-refractivity contribution in [3.8, 4) is 0 Å². The number of aromatic carboxylic acids is 1. The number of aromatic nitrogens is 2. The quantitative estimate of drug-likeness (QED) is 0.865. The van der Waals surface area contributed by atoms with E-state index in [4.69, 9.17) is 5.11 Å². The fraction of sp³-hybridized carbons (Fsp3) is 0.100. The molecule has 0 fully saturated rings. The van der Waals surface area contributed by atoms with Crippen LogP contribution in [0.2, 0.25) is 0 Å². The molecule has 2 rings (SSSR count). The number of rotatable bonds is 4. The summed E-state index contributed by atoms with van der Waals surface area (Å²) in [6.45, 7) is 0. The number of carboxylic acid groups (broad SMARTS) is 1. The second kappa shape index (κ2) is 5.24. The van der Waals surface area contributed by atoms with E-state index < -0.39 is 11.8 Å². The van der Waals surface area contributed by atoms with Crippen LogP contribution in [0.25, 0.3) is 0 Å². The number of hydrogen-bond donors (Lipinski definition) is 1. The fourth-order valence-electron chi connectivity index (χ4n) is 1.19. The zero-order valence-electron chi connectivity index (χ0n) is 8.46. The molecule has 17 heavy (non-hydrogen) atoms. The van der Waals surface area contributed by atoms with Crippen LogP contribution >= 0.6 is 23.3 Å². The van der Waals surface area contributed by atoms with Crippen molar-refractivity contribution in [1.29, 1.82) is 0 Å². The summed E-state index contributed by atoms with van der Waals surface area (Å²) < 4.78 is 18.0. The molecule has 0 radical (unpaired) electrons. The molecule has 0 saturated carbocycles. The lowest BCUT2D eigenvalue weighted by molar-refractivity contribution is 0.0692. The van der Waals surface area contributed by atoms with E-state index in [0.717, 1.165) is 4.34 Å². The predicted molar refractivity (Wildman–Crippen MR) is 62.8 cm³/mol. The van der Waals surface area contributed by atoms with Crippen LogP contribution < -0.4 is 0 Å². The predicted octanol–water partition coefficient (Wildman–Crippen LogP) is 2.67. The molecule has 88 valence electrons. The molecule has 0 saturated heterocycles. The van der Waals surface area contributed by atoms with E-state index in [1.165, 1.54) is 41.8 Å². The van der Waals surface area contributed by atoms with Crippen molar-refractivity contribution in [1.82, 2.24) is 9.36 Å². The van der Waals surface area contributed by atoms with Gasteiger partial charge in [0.1, 0.15) is 12.1 Å². The van der Waals surface area contributed by atoms with Gasteiger partial charge in [-0.05, 0) is 29.2 Å². The Labute approximate surface area is 105 Å². The number of nitrogens with zero attached hydrogens (tertiary/aromatic N) is 2. The first-order valence-corrected chi connectivity index (χ1v) is 6.34. The maximum Gasteiger partial charge on any atom is 0.338 e. The van der Waals surface area contributed by atoms with Crippen LogP contribution in [-0.2, 0) is 5.75 Å². The largest absolute Gasteiger partial charge is 0.478 e. The third kappa shape index (κ3) is 3.01. The van der Waals surface area contributed by atoms with E-state index in [1.807, 2.05) is 0 Å². The van der Waals surface area contributed by atoms with Crippen molar-refractivity contribution in [3.63, 3.8) is 0 Å². The van der Waals surface area contributed by atoms with Crippen LogP contribution in [0.4, 0.5) is 4.39 Å². The molecule has 7 heteroatoms. The van der Waals surface area contributed by atoms with Gasteiger partial charge in [-0.1, -0.05) is 17.8 Å². The van der Waals surface area contributed by atoms with Crippen molar-refractivity contribution in [2.75, 3.05) is 0 Å². The third-order valence-corrected chi connectivity index (χ3v) is 3.84. The minimum Gasteiger partial charge on any atom is -0.478 e. The van der Waals surface area contributed by atoms with Gasteiger partial charge in [-0.3, -0.25) is 0 Å². The average Bonchev–Trinajstić information content (AvgIpc) is 2.78. The highest BCUT2D eigenvalue weighted by Crippen LogP contribution is 2.24. The highest BCUT2D eigenvalue weighted by molar-refractivity contribution is 8.00. The normalized spacial score (nSPS) is 10.4. The molecule has 0 bridgehead atoms. The molecular weight excluding hydrogens is 263 g/mol. The molecule has 1 aromatic heterocycles. The topological polar surface area (TPSA) is 63.1 Å². The minimum absolute atomic E-state index is 0.310. The molecule has 0 aliphatic heterocycles. The van der Waals surface area contributed by atoms with E-state index >= 15 is 0 Å². The van der Waals surface area contributed by atoms with Crippen LogP contribution in [0.5, 0.6) is 0 Å². The maximum absolute atomic E-state index is 13.4. The number of hydrogen-bond acceptors (Lipinski definition) is 5. The number of benzene rings is 1. The molecule has 0 amide bonds. The number of carbonyl (C=O) groups is 1. The summed E-state index contributed by atoms with van der Waals surface area (Å²) in [6, 6.07) is 4.10. The Bertz CT molecular complexity index is 531. The second-order valence-corrected chi connectivity index (χ2v) is 5.12. The van der Waals surface area contributed by atoms with Gasteiger partial charge in [0.2, 0.25) is 0 Å². The molecule has 1 aromatic carbocycles. The molecule has 0 unspecified atom stereocenters. The molecule has 4 nitrogen and oxygen atoms in total. The summed E-state index contributed by atoms with van der Waals surface area (Å²) in [5, 5.41) is 8.67. The number of carboxylic acids is 1. The number of thioether (sulfide) groups is 1. The van der Waals surface area contributed by atoms with Crippen LogP contribution in [-0.4, -0.2) is 20.4 Å². The summed E-state index contributed by atoms with van der Waals surface area (Å²) >= 11 is 2.70. The lowest BCUT2D eigenvalue weighted by atomic mass is 10.1. The summed E-state index contributed by atoms with van der Waals surface area (Å²) in [5.74, 6) is -1.44. The highest BCUT2D eigenvalue weighted by Gasteiger charge is 2.10. The van der Waals surface area contributed by atoms with Gasteiger partial charge in [0.05, 0.1) is 5.56 Å². The van der Waals surface area contributed by atoms with Crippen LogP contribution in [0.15, 0.2) is 28.9 Å². The lowest BCUT2D eigenvalue weighted by Gasteiger charge is -2.01. The molecular formula is C10H7FN2O2S2. The SMILES string of the molecule is O=C(O)c1ccc(CSc2ncns2)cc1F. The summed E-state index contributed by atoms with van der Waals surface area (Å²) in [4.78, 5) is 14.6. The van der Waals surface area contributed by atoms with E-state index in [1.54, 1.807) is 6.07 Å². The molecule has 0 aliphatic rings. The lowest BCUT2D eigenvalue weighted by Crippen LogP contribution is -2.00. The van der Waals surface area contributed by atoms with Gasteiger partial charge in [0, 0.05) is 5.75 Å². The molecule has 0 atom stereocenters. The van der Waals surface area contributed by atoms with Crippen LogP contribution in [0, 0.1) is 5.82 Å². The standard InChI is InChI=1S/C10H7FN2O2S2/c11-8-3-6(1-2-7(8)9(14)15)4-16-10-12-5-13-17-10/h1-3,5H,4H2,(H,14,15). The Kier molecular flexibility index (Phi) is 3.70. The monoisotopic (exact) mass is 270 g/mol. The Morgan fingerprint density at radius 3 is 2.94 bits per heavy atom. The second-order valence-electron chi connectivity index (χ2n) is 3.12. The molecule has 0 spiro atoms. The van der Waals surface area contributed by atoms with Crippen LogP contribution in [0.1, 0.15) is 15.9 Å². The van der Waals surface area contributed by atoms with Gasteiger partial charge in [0.25, 0.3) is 0 Å². The first kappa shape index (κ1) is 12.0. The zero-order valence-corrected chi connectivity index (χ0v) is 10.1. The van der Waals surface area contributed by atoms with E-state index in [2.05, 4.69) is 9.36 Å². The van der Waals surface area contributed by atoms with Crippen molar-refractivity contribution in [2.24, 2.45) is 0 Å². The highest BCUT2D eigenvalue weighted by atomic mass is 32.2. The Hall–Kier alpha value is -1.47. The maximum atomic E-state index is 13.4. The first-order chi connectivity index (χ1) is 8.16. The van der Waals surface area contributed by atoms with Gasteiger partial charge < -0.3 is 5.11 Å². The van der Waals surface area contributed by atoms with Gasteiger partial charge in [-0.2, -0.15) is 4.37 Å².